The van der Waals surface area contributed by atoms with Crippen LogP contribution in [0.3, 0.4) is 0 Å². The van der Waals surface area contributed by atoms with Crippen molar-refractivity contribution in [3.8, 4) is 22.6 Å². The minimum atomic E-state index is -3.34. The molecule has 6 nitrogen and oxygen atoms in total. The Labute approximate surface area is 190 Å². The van der Waals surface area contributed by atoms with Crippen LogP contribution in [0.25, 0.3) is 16.8 Å². The Morgan fingerprint density at radius 3 is 2.34 bits per heavy atom. The Bertz CT molecular complexity index is 1420. The molecule has 4 aromatic rings. The van der Waals surface area contributed by atoms with E-state index in [0.29, 0.717) is 21.8 Å². The van der Waals surface area contributed by atoms with Gasteiger partial charge in [-0.05, 0) is 41.5 Å². The molecule has 3 aromatic carbocycles. The molecule has 0 N–H and O–H groups in total. The van der Waals surface area contributed by atoms with E-state index in [9.17, 15) is 13.2 Å². The van der Waals surface area contributed by atoms with Crippen LogP contribution in [0, 0.1) is 0 Å². The third-order valence-electron chi connectivity index (χ3n) is 4.81. The van der Waals surface area contributed by atoms with Gasteiger partial charge in [0.25, 0.3) is 0 Å². The van der Waals surface area contributed by atoms with Gasteiger partial charge >= 0.3 is 5.56 Å². The molecule has 0 spiro atoms. The molecule has 162 valence electrons. The summed E-state index contributed by atoms with van der Waals surface area (Å²) in [5.74, 6) is 0.107. The highest BCUT2D eigenvalue weighted by Gasteiger charge is 2.17. The maximum atomic E-state index is 13.4. The van der Waals surface area contributed by atoms with Crippen LogP contribution in [0.15, 0.2) is 94.7 Å². The molecule has 1 aromatic heterocycles. The van der Waals surface area contributed by atoms with Gasteiger partial charge in [-0.2, -0.15) is 9.78 Å². The molecule has 0 aliphatic rings. The summed E-state index contributed by atoms with van der Waals surface area (Å²) >= 11 is 6.08. The van der Waals surface area contributed by atoms with Crippen LogP contribution >= 0.6 is 11.6 Å². The van der Waals surface area contributed by atoms with E-state index in [1.54, 1.807) is 36.4 Å². The van der Waals surface area contributed by atoms with Crippen molar-refractivity contribution >= 4 is 21.4 Å². The molecule has 4 rings (SSSR count). The van der Waals surface area contributed by atoms with E-state index in [2.05, 4.69) is 5.10 Å². The number of hydrogen-bond acceptors (Lipinski definition) is 5. The fourth-order valence-corrected chi connectivity index (χ4v) is 4.00. The fourth-order valence-electron chi connectivity index (χ4n) is 3.19. The van der Waals surface area contributed by atoms with E-state index >= 15 is 0 Å². The first-order valence-electron chi connectivity index (χ1n) is 9.68. The van der Waals surface area contributed by atoms with Crippen molar-refractivity contribution in [2.75, 3.05) is 6.26 Å². The van der Waals surface area contributed by atoms with Gasteiger partial charge in [-0.15, -0.1) is 0 Å². The van der Waals surface area contributed by atoms with Crippen LogP contribution in [-0.4, -0.2) is 24.5 Å². The number of benzene rings is 3. The SMILES string of the molecule is CS(=O)(=O)c1ccc(-c2cnn(-c3cccc(Cl)c3)c(=O)c2OCc2ccccc2)cc1. The van der Waals surface area contributed by atoms with Gasteiger partial charge in [0.05, 0.1) is 16.8 Å². The molecular formula is C24H19ClN2O4S. The molecule has 0 amide bonds. The summed E-state index contributed by atoms with van der Waals surface area (Å²) in [6, 6.07) is 22.5. The Kier molecular flexibility index (Phi) is 6.12. The minimum absolute atomic E-state index is 0.107. The van der Waals surface area contributed by atoms with Crippen molar-refractivity contribution in [3.05, 3.63) is 106 Å². The predicted molar refractivity (Wildman–Crippen MR) is 124 cm³/mol. The second-order valence-corrected chi connectivity index (χ2v) is 9.61. The van der Waals surface area contributed by atoms with Crippen LogP contribution in [0.5, 0.6) is 5.75 Å². The van der Waals surface area contributed by atoms with E-state index in [4.69, 9.17) is 16.3 Å². The minimum Gasteiger partial charge on any atom is -0.482 e. The highest BCUT2D eigenvalue weighted by atomic mass is 35.5. The van der Waals surface area contributed by atoms with Crippen LogP contribution < -0.4 is 10.3 Å². The van der Waals surface area contributed by atoms with Gasteiger partial charge in [0.1, 0.15) is 6.61 Å². The average molecular weight is 467 g/mol. The summed E-state index contributed by atoms with van der Waals surface area (Å²) in [5.41, 5.74) is 2.03. The molecule has 0 radical (unpaired) electrons. The summed E-state index contributed by atoms with van der Waals surface area (Å²) in [6.45, 7) is 0.185. The lowest BCUT2D eigenvalue weighted by atomic mass is 10.1. The Balaban J connectivity index is 1.81. The normalized spacial score (nSPS) is 11.3. The summed E-state index contributed by atoms with van der Waals surface area (Å²) in [4.78, 5) is 13.5. The first kappa shape index (κ1) is 21.8. The van der Waals surface area contributed by atoms with Crippen LogP contribution in [-0.2, 0) is 16.4 Å². The Morgan fingerprint density at radius 2 is 1.69 bits per heavy atom. The number of aromatic nitrogens is 2. The quantitative estimate of drug-likeness (QED) is 0.417. The van der Waals surface area contributed by atoms with Gasteiger partial charge in [0, 0.05) is 16.8 Å². The average Bonchev–Trinajstić information content (AvgIpc) is 2.78. The Hall–Kier alpha value is -3.42. The molecule has 0 fully saturated rings. The third kappa shape index (κ3) is 4.74. The van der Waals surface area contributed by atoms with Crippen molar-refractivity contribution in [3.63, 3.8) is 0 Å². The second kappa shape index (κ2) is 8.98. The zero-order valence-electron chi connectivity index (χ0n) is 17.1. The van der Waals surface area contributed by atoms with Crippen LogP contribution in [0.4, 0.5) is 0 Å². The van der Waals surface area contributed by atoms with Gasteiger partial charge in [-0.25, -0.2) is 8.42 Å². The lowest BCUT2D eigenvalue weighted by Crippen LogP contribution is -2.23. The fraction of sp³-hybridized carbons (Fsp3) is 0.0833. The van der Waals surface area contributed by atoms with Crippen molar-refractivity contribution in [1.29, 1.82) is 0 Å². The smallest absolute Gasteiger partial charge is 0.314 e. The topological polar surface area (TPSA) is 78.3 Å². The van der Waals surface area contributed by atoms with Crippen molar-refractivity contribution in [2.24, 2.45) is 0 Å². The highest BCUT2D eigenvalue weighted by Crippen LogP contribution is 2.28. The summed E-state index contributed by atoms with van der Waals surface area (Å²) in [6.07, 6.45) is 2.67. The summed E-state index contributed by atoms with van der Waals surface area (Å²) in [7, 11) is -3.34. The summed E-state index contributed by atoms with van der Waals surface area (Å²) < 4.78 is 30.8. The largest absolute Gasteiger partial charge is 0.482 e. The molecule has 0 aliphatic heterocycles. The monoisotopic (exact) mass is 466 g/mol. The molecule has 0 unspecified atom stereocenters. The van der Waals surface area contributed by atoms with Gasteiger partial charge in [-0.3, -0.25) is 4.79 Å². The zero-order valence-corrected chi connectivity index (χ0v) is 18.7. The molecule has 0 saturated carbocycles. The molecule has 0 saturated heterocycles. The van der Waals surface area contributed by atoms with Gasteiger partial charge in [0.2, 0.25) is 0 Å². The third-order valence-corrected chi connectivity index (χ3v) is 6.17. The number of halogens is 1. The molecule has 0 bridgehead atoms. The van der Waals surface area contributed by atoms with E-state index in [1.165, 1.54) is 23.0 Å². The summed E-state index contributed by atoms with van der Waals surface area (Å²) in [5, 5.41) is 4.78. The van der Waals surface area contributed by atoms with Gasteiger partial charge in [0.15, 0.2) is 15.6 Å². The molecule has 0 atom stereocenters. The highest BCUT2D eigenvalue weighted by molar-refractivity contribution is 7.90. The first-order valence-corrected chi connectivity index (χ1v) is 12.0. The lowest BCUT2D eigenvalue weighted by Gasteiger charge is -2.14. The number of rotatable bonds is 6. The molecule has 32 heavy (non-hydrogen) atoms. The van der Waals surface area contributed by atoms with E-state index in [1.807, 2.05) is 30.3 Å². The molecule has 0 aliphatic carbocycles. The second-order valence-electron chi connectivity index (χ2n) is 7.16. The number of ether oxygens (including phenoxy) is 1. The number of nitrogens with zero attached hydrogens (tertiary/aromatic N) is 2. The predicted octanol–water partition coefficient (Wildman–Crippen LogP) is 4.54. The van der Waals surface area contributed by atoms with E-state index < -0.39 is 15.4 Å². The molecular weight excluding hydrogens is 448 g/mol. The van der Waals surface area contributed by atoms with Gasteiger partial charge < -0.3 is 4.74 Å². The molecule has 8 heteroatoms. The van der Waals surface area contributed by atoms with E-state index in [0.717, 1.165) is 11.8 Å². The first-order chi connectivity index (χ1) is 15.3. The van der Waals surface area contributed by atoms with Crippen molar-refractivity contribution < 1.29 is 13.2 Å². The number of sulfone groups is 1. The standard InChI is InChI=1S/C24H19ClN2O4S/c1-32(29,30)21-12-10-18(11-13-21)22-15-26-27(20-9-5-8-19(25)14-20)24(28)23(22)31-16-17-6-3-2-4-7-17/h2-15H,16H2,1H3. The number of hydrogen-bond donors (Lipinski definition) is 0. The lowest BCUT2D eigenvalue weighted by molar-refractivity contribution is 0.300. The Morgan fingerprint density at radius 1 is 0.969 bits per heavy atom. The maximum absolute atomic E-state index is 13.4. The van der Waals surface area contributed by atoms with Crippen LogP contribution in [0.1, 0.15) is 5.56 Å². The van der Waals surface area contributed by atoms with Gasteiger partial charge in [-0.1, -0.05) is 60.1 Å². The van der Waals surface area contributed by atoms with Crippen LogP contribution in [0.2, 0.25) is 5.02 Å². The van der Waals surface area contributed by atoms with E-state index in [-0.39, 0.29) is 17.3 Å². The van der Waals surface area contributed by atoms with Crippen molar-refractivity contribution in [1.82, 2.24) is 9.78 Å². The zero-order chi connectivity index (χ0) is 22.7. The molecule has 1 heterocycles. The van der Waals surface area contributed by atoms with Crippen molar-refractivity contribution in [2.45, 2.75) is 11.5 Å². The maximum Gasteiger partial charge on any atom is 0.314 e.